The third kappa shape index (κ3) is 6.41. The van der Waals surface area contributed by atoms with E-state index in [2.05, 4.69) is 21.7 Å². The molecule has 3 atom stereocenters. The topological polar surface area (TPSA) is 124 Å². The highest BCUT2D eigenvalue weighted by Crippen LogP contribution is 2.32. The number of Topliss-reactive ketones (excluding diaryl/α,β-unsaturated/α-hetero) is 1. The molecule has 35 heavy (non-hydrogen) atoms. The Hall–Kier alpha value is -3.34. The van der Waals surface area contributed by atoms with Crippen LogP contribution in [0, 0.1) is 35.0 Å². The first-order valence-corrected chi connectivity index (χ1v) is 12.6. The van der Waals surface area contributed by atoms with Crippen molar-refractivity contribution in [3.05, 3.63) is 30.0 Å². The zero-order valence-electron chi connectivity index (χ0n) is 20.4. The number of carbonyl (C=O) groups excluding carboxylic acids is 3. The van der Waals surface area contributed by atoms with E-state index in [0.717, 1.165) is 16.7 Å². The van der Waals surface area contributed by atoms with Crippen LogP contribution in [0.5, 0.6) is 5.75 Å². The van der Waals surface area contributed by atoms with Crippen LogP contribution in [0.1, 0.15) is 62.9 Å². The lowest BCUT2D eigenvalue weighted by Gasteiger charge is -2.21. The van der Waals surface area contributed by atoms with E-state index >= 15 is 0 Å². The quantitative estimate of drug-likeness (QED) is 0.401. The normalized spacial score (nSPS) is 19.3. The predicted molar refractivity (Wildman–Crippen MR) is 132 cm³/mol. The van der Waals surface area contributed by atoms with Crippen LogP contribution in [0.25, 0.3) is 10.9 Å². The lowest BCUT2D eigenvalue weighted by molar-refractivity contribution is -0.127. The largest absolute Gasteiger partial charge is 0.493 e. The Morgan fingerprint density at radius 1 is 1.26 bits per heavy atom. The molecule has 1 saturated heterocycles. The fourth-order valence-corrected chi connectivity index (χ4v) is 4.67. The number of amides is 2. The van der Waals surface area contributed by atoms with Gasteiger partial charge < -0.3 is 20.4 Å². The molecule has 2 fully saturated rings. The first kappa shape index (κ1) is 24.8. The number of ketones is 1. The molecule has 0 bridgehead atoms. The minimum atomic E-state index is -0.764. The van der Waals surface area contributed by atoms with Gasteiger partial charge in [0, 0.05) is 35.7 Å². The van der Waals surface area contributed by atoms with Crippen LogP contribution >= 0.6 is 0 Å². The van der Waals surface area contributed by atoms with Crippen LogP contribution in [-0.2, 0) is 9.59 Å². The van der Waals surface area contributed by atoms with Crippen molar-refractivity contribution in [1.82, 2.24) is 15.6 Å². The smallest absolute Gasteiger partial charge is 0.224 e. The Kier molecular flexibility index (Phi) is 7.74. The molecule has 2 amide bonds. The SMILES string of the molecule is CC(C)CC(CC(=O)c1cc2c(OCC3CC3)cccc2[nH]1)C(=O)NC(C#N)CC1CCNC1=O. The molecule has 2 heterocycles. The van der Waals surface area contributed by atoms with Crippen molar-refractivity contribution in [3.63, 3.8) is 0 Å². The number of aromatic nitrogens is 1. The van der Waals surface area contributed by atoms with E-state index < -0.39 is 12.0 Å². The summed E-state index contributed by atoms with van der Waals surface area (Å²) < 4.78 is 5.97. The Morgan fingerprint density at radius 2 is 2.06 bits per heavy atom. The molecule has 1 aromatic carbocycles. The van der Waals surface area contributed by atoms with Gasteiger partial charge in [-0.2, -0.15) is 5.26 Å². The number of benzene rings is 1. The summed E-state index contributed by atoms with van der Waals surface area (Å²) in [5.74, 6) is 0.202. The third-order valence-corrected chi connectivity index (χ3v) is 6.81. The fraction of sp³-hybridized carbons (Fsp3) is 0.556. The van der Waals surface area contributed by atoms with E-state index in [-0.39, 0.29) is 42.3 Å². The van der Waals surface area contributed by atoms with Crippen LogP contribution in [0.15, 0.2) is 24.3 Å². The Bertz CT molecular complexity index is 1130. The van der Waals surface area contributed by atoms with Crippen molar-refractivity contribution in [2.45, 2.75) is 58.4 Å². The molecule has 0 spiro atoms. The molecule has 8 heteroatoms. The van der Waals surface area contributed by atoms with Crippen LogP contribution in [-0.4, -0.2) is 41.8 Å². The van der Waals surface area contributed by atoms with Crippen molar-refractivity contribution >= 4 is 28.5 Å². The third-order valence-electron chi connectivity index (χ3n) is 6.81. The number of nitrogens with one attached hydrogen (secondary N) is 3. The van der Waals surface area contributed by atoms with Gasteiger partial charge in [-0.3, -0.25) is 14.4 Å². The van der Waals surface area contributed by atoms with Crippen LogP contribution < -0.4 is 15.4 Å². The number of nitriles is 1. The number of fused-ring (bicyclic) bond motifs is 1. The van der Waals surface area contributed by atoms with Crippen molar-refractivity contribution in [2.24, 2.45) is 23.7 Å². The summed E-state index contributed by atoms with van der Waals surface area (Å²) in [6.07, 6.45) is 3.90. The summed E-state index contributed by atoms with van der Waals surface area (Å²) >= 11 is 0. The highest BCUT2D eigenvalue weighted by Gasteiger charge is 2.31. The molecule has 1 aliphatic heterocycles. The molecule has 8 nitrogen and oxygen atoms in total. The zero-order chi connectivity index (χ0) is 24.9. The van der Waals surface area contributed by atoms with Crippen LogP contribution in [0.4, 0.5) is 0 Å². The zero-order valence-corrected chi connectivity index (χ0v) is 20.4. The molecular formula is C27H34N4O4. The Morgan fingerprint density at radius 3 is 2.71 bits per heavy atom. The van der Waals surface area contributed by atoms with Gasteiger partial charge in [-0.1, -0.05) is 19.9 Å². The standard InChI is InChI=1S/C27H34N4O4/c1-16(2)10-19(27(34)30-20(14-28)11-18-8-9-29-26(18)33)12-24(32)23-13-21-22(31-23)4-3-5-25(21)35-15-17-6-7-17/h3-5,13,16-20,31H,6-12,15H2,1-2H3,(H,29,33)(H,30,34). The average Bonchev–Trinajstić information content (AvgIpc) is 3.41. The summed E-state index contributed by atoms with van der Waals surface area (Å²) in [6.45, 7) is 5.29. The molecule has 1 saturated carbocycles. The minimum Gasteiger partial charge on any atom is -0.493 e. The van der Waals surface area contributed by atoms with Gasteiger partial charge in [-0.15, -0.1) is 0 Å². The molecular weight excluding hydrogens is 444 g/mol. The van der Waals surface area contributed by atoms with Crippen LogP contribution in [0.3, 0.4) is 0 Å². The summed E-state index contributed by atoms with van der Waals surface area (Å²) in [6, 6.07) is 8.87. The van der Waals surface area contributed by atoms with Gasteiger partial charge in [0.15, 0.2) is 5.78 Å². The monoisotopic (exact) mass is 478 g/mol. The second-order valence-electron chi connectivity index (χ2n) is 10.3. The number of carbonyl (C=O) groups is 3. The van der Waals surface area contributed by atoms with Crippen molar-refractivity contribution in [3.8, 4) is 11.8 Å². The predicted octanol–water partition coefficient (Wildman–Crippen LogP) is 3.73. The van der Waals surface area contributed by atoms with Gasteiger partial charge in [-0.25, -0.2) is 0 Å². The van der Waals surface area contributed by atoms with Gasteiger partial charge in [0.1, 0.15) is 11.8 Å². The summed E-state index contributed by atoms with van der Waals surface area (Å²) in [4.78, 5) is 41.4. The van der Waals surface area contributed by atoms with Gasteiger partial charge in [-0.05, 0) is 62.1 Å². The van der Waals surface area contributed by atoms with Crippen LogP contribution in [0.2, 0.25) is 0 Å². The maximum absolute atomic E-state index is 13.2. The summed E-state index contributed by atoms with van der Waals surface area (Å²) in [5, 5.41) is 16.0. The van der Waals surface area contributed by atoms with Gasteiger partial charge in [0.2, 0.25) is 11.8 Å². The number of aromatic amines is 1. The molecule has 2 aliphatic rings. The Labute approximate surface area is 205 Å². The summed E-state index contributed by atoms with van der Waals surface area (Å²) in [5.41, 5.74) is 1.27. The maximum Gasteiger partial charge on any atom is 0.224 e. The lowest BCUT2D eigenvalue weighted by Crippen LogP contribution is -2.41. The molecule has 1 aromatic heterocycles. The van der Waals surface area contributed by atoms with Gasteiger partial charge >= 0.3 is 0 Å². The van der Waals surface area contributed by atoms with E-state index in [1.165, 1.54) is 12.8 Å². The first-order chi connectivity index (χ1) is 16.8. The van der Waals surface area contributed by atoms with E-state index in [1.54, 1.807) is 6.07 Å². The molecule has 3 unspecified atom stereocenters. The van der Waals surface area contributed by atoms with Crippen molar-refractivity contribution < 1.29 is 19.1 Å². The molecule has 0 radical (unpaired) electrons. The first-order valence-electron chi connectivity index (χ1n) is 12.6. The molecule has 3 N–H and O–H groups in total. The molecule has 1 aliphatic carbocycles. The van der Waals surface area contributed by atoms with E-state index in [9.17, 15) is 19.6 Å². The minimum absolute atomic E-state index is 0.0389. The lowest BCUT2D eigenvalue weighted by atomic mass is 9.90. The van der Waals surface area contributed by atoms with E-state index in [4.69, 9.17) is 4.74 Å². The highest BCUT2D eigenvalue weighted by atomic mass is 16.5. The van der Waals surface area contributed by atoms with E-state index in [0.29, 0.717) is 37.6 Å². The fourth-order valence-electron chi connectivity index (χ4n) is 4.67. The summed E-state index contributed by atoms with van der Waals surface area (Å²) in [7, 11) is 0. The second kappa shape index (κ2) is 10.9. The number of H-pyrrole nitrogens is 1. The van der Waals surface area contributed by atoms with Gasteiger partial charge in [0.05, 0.1) is 18.4 Å². The van der Waals surface area contributed by atoms with Crippen molar-refractivity contribution in [2.75, 3.05) is 13.2 Å². The molecule has 4 rings (SSSR count). The highest BCUT2D eigenvalue weighted by molar-refractivity contribution is 6.02. The van der Waals surface area contributed by atoms with Gasteiger partial charge in [0.25, 0.3) is 0 Å². The van der Waals surface area contributed by atoms with E-state index in [1.807, 2.05) is 32.0 Å². The second-order valence-corrected chi connectivity index (χ2v) is 10.3. The number of ether oxygens (including phenoxy) is 1. The average molecular weight is 479 g/mol. The number of hydrogen-bond acceptors (Lipinski definition) is 5. The number of rotatable bonds is 12. The molecule has 186 valence electrons. The molecule has 2 aromatic rings. The Balaban J connectivity index is 1.43. The van der Waals surface area contributed by atoms with Crippen molar-refractivity contribution in [1.29, 1.82) is 5.26 Å². The number of hydrogen-bond donors (Lipinski definition) is 3. The number of nitrogens with zero attached hydrogens (tertiary/aromatic N) is 1. The maximum atomic E-state index is 13.2.